The second kappa shape index (κ2) is 5.78. The molecule has 1 aromatic rings. The van der Waals surface area contributed by atoms with Crippen LogP contribution in [0, 0.1) is 0 Å². The minimum Gasteiger partial charge on any atom is -0.495 e. The van der Waals surface area contributed by atoms with Gasteiger partial charge in [0.2, 0.25) is 10.0 Å². The van der Waals surface area contributed by atoms with Crippen molar-refractivity contribution in [3.05, 3.63) is 22.7 Å². The number of halogens is 1. The second-order valence-corrected chi connectivity index (χ2v) is 7.34. The maximum atomic E-state index is 12.7. The molecule has 106 valence electrons. The summed E-state index contributed by atoms with van der Waals surface area (Å²) < 4.78 is 32.7. The van der Waals surface area contributed by atoms with Gasteiger partial charge in [-0.1, -0.05) is 15.9 Å². The van der Waals surface area contributed by atoms with Crippen molar-refractivity contribution in [2.24, 2.45) is 0 Å². The Hall–Kier alpha value is -0.630. The number of piperazine rings is 1. The van der Waals surface area contributed by atoms with Gasteiger partial charge in [-0.25, -0.2) is 8.42 Å². The first kappa shape index (κ1) is 14.8. The van der Waals surface area contributed by atoms with Gasteiger partial charge >= 0.3 is 0 Å². The van der Waals surface area contributed by atoms with E-state index in [-0.39, 0.29) is 10.9 Å². The zero-order valence-corrected chi connectivity index (χ0v) is 13.3. The van der Waals surface area contributed by atoms with Gasteiger partial charge in [0.15, 0.2) is 0 Å². The Bertz CT molecular complexity index is 562. The van der Waals surface area contributed by atoms with Crippen molar-refractivity contribution < 1.29 is 13.2 Å². The van der Waals surface area contributed by atoms with E-state index in [1.165, 1.54) is 11.4 Å². The molecule has 0 radical (unpaired) electrons. The first-order valence-corrected chi connectivity index (χ1v) is 8.25. The number of hydrogen-bond donors (Lipinski definition) is 1. The third kappa shape index (κ3) is 3.10. The molecule has 0 aliphatic carbocycles. The van der Waals surface area contributed by atoms with Crippen LogP contribution < -0.4 is 10.1 Å². The smallest absolute Gasteiger partial charge is 0.246 e. The molecule has 1 saturated heterocycles. The normalized spacial score (nSPS) is 21.3. The van der Waals surface area contributed by atoms with Crippen LogP contribution in [0.15, 0.2) is 27.6 Å². The number of hydrogen-bond acceptors (Lipinski definition) is 4. The van der Waals surface area contributed by atoms with Crippen LogP contribution in [0.1, 0.15) is 6.92 Å². The van der Waals surface area contributed by atoms with Gasteiger partial charge in [-0.05, 0) is 25.1 Å². The molecule has 0 aromatic heterocycles. The Kier molecular flexibility index (Phi) is 4.50. The molecule has 1 heterocycles. The molecule has 1 aliphatic heterocycles. The van der Waals surface area contributed by atoms with Gasteiger partial charge in [-0.15, -0.1) is 0 Å². The SMILES string of the molecule is COc1ccc(Br)cc1S(=O)(=O)N1CCN[C@@H](C)C1. The number of ether oxygens (including phenoxy) is 1. The summed E-state index contributed by atoms with van der Waals surface area (Å²) >= 11 is 3.30. The predicted molar refractivity (Wildman–Crippen MR) is 76.9 cm³/mol. The number of benzene rings is 1. The lowest BCUT2D eigenvalue weighted by Gasteiger charge is -2.31. The van der Waals surface area contributed by atoms with Crippen molar-refractivity contribution in [2.75, 3.05) is 26.7 Å². The average Bonchev–Trinajstić information content (AvgIpc) is 2.38. The van der Waals surface area contributed by atoms with Crippen molar-refractivity contribution in [1.82, 2.24) is 9.62 Å². The highest BCUT2D eigenvalue weighted by atomic mass is 79.9. The summed E-state index contributed by atoms with van der Waals surface area (Å²) in [6.07, 6.45) is 0. The van der Waals surface area contributed by atoms with Crippen molar-refractivity contribution in [3.63, 3.8) is 0 Å². The van der Waals surface area contributed by atoms with Crippen LogP contribution in [-0.4, -0.2) is 45.5 Å². The predicted octanol–water partition coefficient (Wildman–Crippen LogP) is 1.44. The van der Waals surface area contributed by atoms with E-state index in [4.69, 9.17) is 4.74 Å². The largest absolute Gasteiger partial charge is 0.495 e. The topological polar surface area (TPSA) is 58.6 Å². The lowest BCUT2D eigenvalue weighted by Crippen LogP contribution is -2.51. The average molecular weight is 349 g/mol. The van der Waals surface area contributed by atoms with E-state index in [1.54, 1.807) is 18.2 Å². The van der Waals surface area contributed by atoms with Crippen molar-refractivity contribution >= 4 is 26.0 Å². The molecule has 7 heteroatoms. The van der Waals surface area contributed by atoms with Crippen molar-refractivity contribution in [1.29, 1.82) is 0 Å². The van der Waals surface area contributed by atoms with E-state index in [1.807, 2.05) is 6.92 Å². The van der Waals surface area contributed by atoms with E-state index in [0.29, 0.717) is 25.4 Å². The Morgan fingerprint density at radius 2 is 2.21 bits per heavy atom. The molecule has 1 atom stereocenters. The monoisotopic (exact) mass is 348 g/mol. The van der Waals surface area contributed by atoms with Crippen molar-refractivity contribution in [3.8, 4) is 5.75 Å². The molecule has 1 N–H and O–H groups in total. The zero-order chi connectivity index (χ0) is 14.0. The number of methoxy groups -OCH3 is 1. The molecule has 19 heavy (non-hydrogen) atoms. The number of nitrogens with one attached hydrogen (secondary N) is 1. The van der Waals surface area contributed by atoms with Crippen LogP contribution in [0.4, 0.5) is 0 Å². The fourth-order valence-corrected chi connectivity index (χ4v) is 4.33. The quantitative estimate of drug-likeness (QED) is 0.897. The first-order valence-electron chi connectivity index (χ1n) is 6.02. The van der Waals surface area contributed by atoms with Crippen LogP contribution >= 0.6 is 15.9 Å². The lowest BCUT2D eigenvalue weighted by atomic mass is 10.3. The zero-order valence-electron chi connectivity index (χ0n) is 10.9. The van der Waals surface area contributed by atoms with E-state index < -0.39 is 10.0 Å². The summed E-state index contributed by atoms with van der Waals surface area (Å²) in [6.45, 7) is 3.58. The van der Waals surface area contributed by atoms with E-state index in [2.05, 4.69) is 21.2 Å². The van der Waals surface area contributed by atoms with Crippen LogP contribution in [0.2, 0.25) is 0 Å². The molecule has 0 unspecified atom stereocenters. The number of nitrogens with zero attached hydrogens (tertiary/aromatic N) is 1. The highest BCUT2D eigenvalue weighted by Gasteiger charge is 2.30. The molecule has 5 nitrogen and oxygen atoms in total. The molecule has 2 rings (SSSR count). The number of rotatable bonds is 3. The summed E-state index contributed by atoms with van der Waals surface area (Å²) in [5.74, 6) is 0.370. The minimum atomic E-state index is -3.52. The summed E-state index contributed by atoms with van der Waals surface area (Å²) in [5.41, 5.74) is 0. The summed E-state index contributed by atoms with van der Waals surface area (Å²) in [6, 6.07) is 5.16. The maximum absolute atomic E-state index is 12.7. The summed E-state index contributed by atoms with van der Waals surface area (Å²) in [5, 5.41) is 3.23. The second-order valence-electron chi connectivity index (χ2n) is 4.51. The van der Waals surface area contributed by atoms with Gasteiger partial charge in [0.1, 0.15) is 10.6 Å². The van der Waals surface area contributed by atoms with Gasteiger partial charge in [0.05, 0.1) is 7.11 Å². The Morgan fingerprint density at radius 1 is 1.47 bits per heavy atom. The van der Waals surface area contributed by atoms with Crippen LogP contribution in [0.25, 0.3) is 0 Å². The third-order valence-electron chi connectivity index (χ3n) is 3.07. The first-order chi connectivity index (χ1) is 8.95. The lowest BCUT2D eigenvalue weighted by molar-refractivity contribution is 0.308. The van der Waals surface area contributed by atoms with Gasteiger partial charge in [0, 0.05) is 30.1 Å². The van der Waals surface area contributed by atoms with Gasteiger partial charge in [0.25, 0.3) is 0 Å². The molecule has 0 spiro atoms. The van der Waals surface area contributed by atoms with Gasteiger partial charge in [-0.3, -0.25) is 0 Å². The standard InChI is InChI=1S/C12H17BrN2O3S/c1-9-8-15(6-5-14-9)19(16,17)12-7-10(13)3-4-11(12)18-2/h3-4,7,9,14H,5-6,8H2,1-2H3/t9-/m0/s1. The highest BCUT2D eigenvalue weighted by molar-refractivity contribution is 9.10. The van der Waals surface area contributed by atoms with Gasteiger partial charge < -0.3 is 10.1 Å². The van der Waals surface area contributed by atoms with E-state index in [0.717, 1.165) is 4.47 Å². The molecule has 1 aliphatic rings. The Balaban J connectivity index is 2.41. The minimum absolute atomic E-state index is 0.154. The van der Waals surface area contributed by atoms with Gasteiger partial charge in [-0.2, -0.15) is 4.31 Å². The third-order valence-corrected chi connectivity index (χ3v) is 5.45. The Morgan fingerprint density at radius 3 is 2.84 bits per heavy atom. The van der Waals surface area contributed by atoms with Crippen LogP contribution in [0.5, 0.6) is 5.75 Å². The van der Waals surface area contributed by atoms with Crippen LogP contribution in [-0.2, 0) is 10.0 Å². The molecule has 1 fully saturated rings. The summed E-state index contributed by atoms with van der Waals surface area (Å²) in [7, 11) is -2.05. The fraction of sp³-hybridized carbons (Fsp3) is 0.500. The van der Waals surface area contributed by atoms with E-state index in [9.17, 15) is 8.42 Å². The molecule has 0 amide bonds. The van der Waals surface area contributed by atoms with Crippen LogP contribution in [0.3, 0.4) is 0 Å². The van der Waals surface area contributed by atoms with Crippen molar-refractivity contribution in [2.45, 2.75) is 17.9 Å². The van der Waals surface area contributed by atoms with E-state index >= 15 is 0 Å². The molecular weight excluding hydrogens is 332 g/mol. The Labute approximate surface area is 122 Å². The molecule has 0 bridgehead atoms. The summed E-state index contributed by atoms with van der Waals surface area (Å²) in [4.78, 5) is 0.207. The number of sulfonamides is 1. The maximum Gasteiger partial charge on any atom is 0.246 e. The molecule has 0 saturated carbocycles. The fourth-order valence-electron chi connectivity index (χ4n) is 2.11. The molecular formula is C12H17BrN2O3S. The molecule has 1 aromatic carbocycles. The highest BCUT2D eigenvalue weighted by Crippen LogP contribution is 2.30.